The SMILES string of the molecule is c1ccc(-c2ccc(N(c3cc(-c4cccc(-n5c6ccccc6c6ccccc65)c4)c4oc5ccccc5c4c3)c3ccccc3-c3ccccc3)cc2)cc1. The summed E-state index contributed by atoms with van der Waals surface area (Å²) in [6.07, 6.45) is 0. The van der Waals surface area contributed by atoms with E-state index >= 15 is 0 Å². The molecule has 3 nitrogen and oxygen atoms in total. The minimum absolute atomic E-state index is 0.868. The number of para-hydroxylation sites is 4. The number of hydrogen-bond acceptors (Lipinski definition) is 2. The van der Waals surface area contributed by atoms with Gasteiger partial charge in [0, 0.05) is 49.7 Å². The molecule has 0 aliphatic carbocycles. The summed E-state index contributed by atoms with van der Waals surface area (Å²) >= 11 is 0. The van der Waals surface area contributed by atoms with E-state index in [2.05, 4.69) is 222 Å². The summed E-state index contributed by atoms with van der Waals surface area (Å²) < 4.78 is 9.17. The Morgan fingerprint density at radius 2 is 0.930 bits per heavy atom. The molecular weight excluding hydrogens is 693 g/mol. The maximum atomic E-state index is 6.79. The topological polar surface area (TPSA) is 21.3 Å². The summed E-state index contributed by atoms with van der Waals surface area (Å²) in [5, 5.41) is 4.64. The van der Waals surface area contributed by atoms with Crippen molar-refractivity contribution in [2.24, 2.45) is 0 Å². The first-order valence-corrected chi connectivity index (χ1v) is 19.4. The summed E-state index contributed by atoms with van der Waals surface area (Å²) in [5.41, 5.74) is 15.2. The van der Waals surface area contributed by atoms with E-state index in [0.717, 1.165) is 66.9 Å². The molecule has 0 unspecified atom stereocenters. The lowest BCUT2D eigenvalue weighted by Crippen LogP contribution is -2.11. The summed E-state index contributed by atoms with van der Waals surface area (Å²) in [7, 11) is 0. The maximum Gasteiger partial charge on any atom is 0.143 e. The lowest BCUT2D eigenvalue weighted by molar-refractivity contribution is 0.670. The second-order valence-electron chi connectivity index (χ2n) is 14.5. The van der Waals surface area contributed by atoms with Gasteiger partial charge in [0.15, 0.2) is 0 Å². The molecular formula is C54H36N2O. The fourth-order valence-corrected chi connectivity index (χ4v) is 8.56. The highest BCUT2D eigenvalue weighted by Crippen LogP contribution is 2.46. The molecule has 2 heterocycles. The third-order valence-electron chi connectivity index (χ3n) is 11.2. The fraction of sp³-hybridized carbons (Fsp3) is 0. The number of aromatic nitrogens is 1. The van der Waals surface area contributed by atoms with Gasteiger partial charge in [0.1, 0.15) is 11.2 Å². The highest BCUT2D eigenvalue weighted by molar-refractivity contribution is 6.12. The molecule has 0 saturated heterocycles. The first kappa shape index (κ1) is 32.8. The van der Waals surface area contributed by atoms with Crippen molar-refractivity contribution < 1.29 is 4.42 Å². The molecule has 3 heteroatoms. The van der Waals surface area contributed by atoms with E-state index in [4.69, 9.17) is 4.42 Å². The molecule has 0 bridgehead atoms. The van der Waals surface area contributed by atoms with Crippen LogP contribution in [0.25, 0.3) is 82.8 Å². The van der Waals surface area contributed by atoms with Crippen molar-refractivity contribution in [3.05, 3.63) is 218 Å². The number of rotatable bonds is 7. The van der Waals surface area contributed by atoms with Gasteiger partial charge in [0.25, 0.3) is 0 Å². The molecule has 0 radical (unpaired) electrons. The standard InChI is InChI=1S/C54H36N2O/c1-3-16-37(17-4-1)38-30-32-41(33-31-38)55(50-26-11-7-22-44(50)39-18-5-2-6-19-39)43-35-48(54-49(36-43)47-25-10-14-29-53(47)57-54)40-20-15-21-42(34-40)56-51-27-12-8-23-45(51)46-24-9-13-28-52(46)56/h1-36H. The Hall–Kier alpha value is -7.62. The molecule has 11 rings (SSSR count). The molecule has 0 spiro atoms. The Balaban J connectivity index is 1.16. The molecule has 0 fully saturated rings. The lowest BCUT2D eigenvalue weighted by Gasteiger charge is -2.28. The minimum atomic E-state index is 0.868. The molecule has 2 aromatic heterocycles. The average Bonchev–Trinajstić information content (AvgIpc) is 3.83. The highest BCUT2D eigenvalue weighted by Gasteiger charge is 2.22. The van der Waals surface area contributed by atoms with Crippen LogP contribution in [0.5, 0.6) is 0 Å². The molecule has 0 amide bonds. The van der Waals surface area contributed by atoms with E-state index in [9.17, 15) is 0 Å². The molecule has 268 valence electrons. The van der Waals surface area contributed by atoms with Crippen molar-refractivity contribution in [3.8, 4) is 39.1 Å². The van der Waals surface area contributed by atoms with Crippen LogP contribution in [0.1, 0.15) is 0 Å². The van der Waals surface area contributed by atoms with Crippen molar-refractivity contribution in [1.29, 1.82) is 0 Å². The smallest absolute Gasteiger partial charge is 0.143 e. The van der Waals surface area contributed by atoms with Crippen LogP contribution in [-0.2, 0) is 0 Å². The van der Waals surface area contributed by atoms with Gasteiger partial charge >= 0.3 is 0 Å². The largest absolute Gasteiger partial charge is 0.455 e. The summed E-state index contributed by atoms with van der Waals surface area (Å²) in [6.45, 7) is 0. The first-order valence-electron chi connectivity index (χ1n) is 19.4. The third-order valence-corrected chi connectivity index (χ3v) is 11.2. The van der Waals surface area contributed by atoms with Crippen molar-refractivity contribution in [3.63, 3.8) is 0 Å². The van der Waals surface area contributed by atoms with Gasteiger partial charge in [-0.15, -0.1) is 0 Å². The summed E-state index contributed by atoms with van der Waals surface area (Å²) in [6, 6.07) is 78.1. The van der Waals surface area contributed by atoms with E-state index in [0.29, 0.717) is 0 Å². The van der Waals surface area contributed by atoms with E-state index in [-0.39, 0.29) is 0 Å². The third kappa shape index (κ3) is 5.60. The molecule has 9 aromatic carbocycles. The van der Waals surface area contributed by atoms with Gasteiger partial charge < -0.3 is 13.9 Å². The van der Waals surface area contributed by atoms with Crippen LogP contribution < -0.4 is 4.90 Å². The number of furan rings is 1. The van der Waals surface area contributed by atoms with Gasteiger partial charge in [0.2, 0.25) is 0 Å². The van der Waals surface area contributed by atoms with Crippen molar-refractivity contribution in [1.82, 2.24) is 4.57 Å². The maximum absolute atomic E-state index is 6.79. The zero-order valence-electron chi connectivity index (χ0n) is 31.1. The van der Waals surface area contributed by atoms with Crippen molar-refractivity contribution >= 4 is 60.8 Å². The molecule has 0 aliphatic rings. The van der Waals surface area contributed by atoms with Crippen LogP contribution in [0.4, 0.5) is 17.1 Å². The number of hydrogen-bond donors (Lipinski definition) is 0. The summed E-state index contributed by atoms with van der Waals surface area (Å²) in [5.74, 6) is 0. The lowest BCUT2D eigenvalue weighted by atomic mass is 9.98. The Kier molecular flexibility index (Phi) is 7.82. The Morgan fingerprint density at radius 3 is 1.67 bits per heavy atom. The zero-order valence-corrected chi connectivity index (χ0v) is 31.1. The van der Waals surface area contributed by atoms with Crippen LogP contribution in [-0.4, -0.2) is 4.57 Å². The van der Waals surface area contributed by atoms with Crippen LogP contribution in [0.2, 0.25) is 0 Å². The second-order valence-corrected chi connectivity index (χ2v) is 14.5. The van der Waals surface area contributed by atoms with Gasteiger partial charge in [-0.25, -0.2) is 0 Å². The van der Waals surface area contributed by atoms with Gasteiger partial charge in [-0.05, 0) is 82.9 Å². The van der Waals surface area contributed by atoms with Gasteiger partial charge in [-0.1, -0.05) is 158 Å². The van der Waals surface area contributed by atoms with Gasteiger partial charge in [-0.2, -0.15) is 0 Å². The minimum Gasteiger partial charge on any atom is -0.455 e. The fourth-order valence-electron chi connectivity index (χ4n) is 8.56. The van der Waals surface area contributed by atoms with Crippen molar-refractivity contribution in [2.75, 3.05) is 4.90 Å². The molecule has 57 heavy (non-hydrogen) atoms. The van der Waals surface area contributed by atoms with Crippen LogP contribution in [0.3, 0.4) is 0 Å². The van der Waals surface area contributed by atoms with Crippen LogP contribution in [0, 0.1) is 0 Å². The Labute approximate surface area is 330 Å². The number of anilines is 3. The molecule has 0 aliphatic heterocycles. The molecule has 0 N–H and O–H groups in total. The van der Waals surface area contributed by atoms with E-state index in [1.54, 1.807) is 0 Å². The number of nitrogens with zero attached hydrogens (tertiary/aromatic N) is 2. The monoisotopic (exact) mass is 728 g/mol. The Morgan fingerprint density at radius 1 is 0.351 bits per heavy atom. The molecule has 0 atom stereocenters. The zero-order chi connectivity index (χ0) is 37.7. The van der Waals surface area contributed by atoms with E-state index < -0.39 is 0 Å². The van der Waals surface area contributed by atoms with Crippen molar-refractivity contribution in [2.45, 2.75) is 0 Å². The molecule has 11 aromatic rings. The normalized spacial score (nSPS) is 11.5. The first-order chi connectivity index (χ1) is 28.3. The average molecular weight is 729 g/mol. The van der Waals surface area contributed by atoms with Gasteiger partial charge in [0.05, 0.1) is 16.7 Å². The van der Waals surface area contributed by atoms with E-state index in [1.165, 1.54) is 32.9 Å². The van der Waals surface area contributed by atoms with E-state index in [1.807, 2.05) is 6.07 Å². The van der Waals surface area contributed by atoms with Crippen LogP contribution >= 0.6 is 0 Å². The molecule has 0 saturated carbocycles. The predicted molar refractivity (Wildman–Crippen MR) is 239 cm³/mol. The number of benzene rings is 9. The summed E-state index contributed by atoms with van der Waals surface area (Å²) in [4.78, 5) is 2.40. The van der Waals surface area contributed by atoms with Gasteiger partial charge in [-0.3, -0.25) is 0 Å². The quantitative estimate of drug-likeness (QED) is 0.163. The second kappa shape index (κ2) is 13.6. The highest BCUT2D eigenvalue weighted by atomic mass is 16.3. The van der Waals surface area contributed by atoms with Crippen LogP contribution in [0.15, 0.2) is 223 Å². The number of fused-ring (bicyclic) bond motifs is 6. The predicted octanol–water partition coefficient (Wildman–Crippen LogP) is 15.2. The Bertz CT molecular complexity index is 3180.